The molecule has 0 spiro atoms. The van der Waals surface area contributed by atoms with Gasteiger partial charge in [-0.15, -0.1) is 0 Å². The molecule has 1 aliphatic rings. The van der Waals surface area contributed by atoms with Gasteiger partial charge in [0, 0.05) is 25.1 Å². The average Bonchev–Trinajstić information content (AvgIpc) is 3.01. The topological polar surface area (TPSA) is 67.6 Å². The molecule has 1 aliphatic carbocycles. The Morgan fingerprint density at radius 3 is 2.76 bits per heavy atom. The van der Waals surface area contributed by atoms with Crippen molar-refractivity contribution in [3.8, 4) is 5.75 Å². The fourth-order valence-electron chi connectivity index (χ4n) is 2.80. The Morgan fingerprint density at radius 2 is 2.14 bits per heavy atom. The first kappa shape index (κ1) is 15.6. The lowest BCUT2D eigenvalue weighted by atomic mass is 10.2. The smallest absolute Gasteiger partial charge is 0.225 e. The van der Waals surface area contributed by atoms with Crippen LogP contribution in [0.5, 0.6) is 5.75 Å². The summed E-state index contributed by atoms with van der Waals surface area (Å²) in [6, 6.07) is 5.91. The van der Waals surface area contributed by atoms with Gasteiger partial charge in [-0.2, -0.15) is 0 Å². The largest absolute Gasteiger partial charge is 0.497 e. The summed E-state index contributed by atoms with van der Waals surface area (Å²) < 4.78 is 5.09. The molecule has 0 atom stereocenters. The van der Waals surface area contributed by atoms with Crippen LogP contribution in [0.1, 0.15) is 32.1 Å². The zero-order chi connectivity index (χ0) is 15.2. The van der Waals surface area contributed by atoms with Gasteiger partial charge in [0.1, 0.15) is 5.75 Å². The van der Waals surface area contributed by atoms with E-state index in [0.29, 0.717) is 29.6 Å². The predicted molar refractivity (Wildman–Crippen MR) is 85.5 cm³/mol. The van der Waals surface area contributed by atoms with E-state index in [-0.39, 0.29) is 5.91 Å². The summed E-state index contributed by atoms with van der Waals surface area (Å²) in [7, 11) is 3.69. The van der Waals surface area contributed by atoms with E-state index in [0.717, 1.165) is 6.54 Å². The van der Waals surface area contributed by atoms with Crippen LogP contribution in [0, 0.1) is 0 Å². The number of carbonyl (C=O) groups excluding carboxylic acids is 1. The lowest BCUT2D eigenvalue weighted by molar-refractivity contribution is -0.116. The zero-order valence-corrected chi connectivity index (χ0v) is 12.9. The van der Waals surface area contributed by atoms with Crippen molar-refractivity contribution in [2.24, 2.45) is 0 Å². The van der Waals surface area contributed by atoms with Crippen LogP contribution < -0.4 is 15.8 Å². The molecular formula is C16H25N3O2. The molecule has 1 amide bonds. The summed E-state index contributed by atoms with van der Waals surface area (Å²) >= 11 is 0. The van der Waals surface area contributed by atoms with Crippen LogP contribution in [0.2, 0.25) is 0 Å². The second kappa shape index (κ2) is 7.31. The maximum absolute atomic E-state index is 12.0. The van der Waals surface area contributed by atoms with Crippen LogP contribution in [-0.4, -0.2) is 37.6 Å². The Bertz CT molecular complexity index is 484. The molecule has 3 N–H and O–H groups in total. The quantitative estimate of drug-likeness (QED) is 0.790. The molecule has 0 saturated heterocycles. The summed E-state index contributed by atoms with van der Waals surface area (Å²) in [6.45, 7) is 0.784. The highest BCUT2D eigenvalue weighted by Crippen LogP contribution is 2.25. The Labute approximate surface area is 126 Å². The van der Waals surface area contributed by atoms with Gasteiger partial charge in [0.2, 0.25) is 5.91 Å². The molecule has 0 bridgehead atoms. The van der Waals surface area contributed by atoms with Gasteiger partial charge in [-0.25, -0.2) is 0 Å². The van der Waals surface area contributed by atoms with Crippen molar-refractivity contribution in [2.75, 3.05) is 31.8 Å². The minimum absolute atomic E-state index is 0.00304. The number of carbonyl (C=O) groups is 1. The van der Waals surface area contributed by atoms with Gasteiger partial charge >= 0.3 is 0 Å². The highest BCUT2D eigenvalue weighted by molar-refractivity contribution is 5.94. The van der Waals surface area contributed by atoms with Crippen molar-refractivity contribution in [3.05, 3.63) is 18.2 Å². The van der Waals surface area contributed by atoms with Crippen molar-refractivity contribution < 1.29 is 9.53 Å². The molecule has 116 valence electrons. The van der Waals surface area contributed by atoms with Gasteiger partial charge in [0.05, 0.1) is 18.5 Å². The molecule has 5 heteroatoms. The van der Waals surface area contributed by atoms with Crippen LogP contribution >= 0.6 is 0 Å². The lowest BCUT2D eigenvalue weighted by Crippen LogP contribution is -2.32. The van der Waals surface area contributed by atoms with Crippen molar-refractivity contribution in [1.82, 2.24) is 4.90 Å². The number of nitrogens with two attached hydrogens (primary N) is 1. The van der Waals surface area contributed by atoms with E-state index in [1.54, 1.807) is 25.3 Å². The number of rotatable bonds is 6. The average molecular weight is 291 g/mol. The van der Waals surface area contributed by atoms with E-state index >= 15 is 0 Å². The summed E-state index contributed by atoms with van der Waals surface area (Å²) in [4.78, 5) is 14.3. The molecule has 21 heavy (non-hydrogen) atoms. The molecule has 1 aromatic carbocycles. The number of anilines is 2. The molecule has 0 aromatic heterocycles. The Balaban J connectivity index is 1.81. The van der Waals surface area contributed by atoms with Gasteiger partial charge in [-0.3, -0.25) is 4.79 Å². The Hall–Kier alpha value is -1.75. The first-order chi connectivity index (χ1) is 10.1. The van der Waals surface area contributed by atoms with Gasteiger partial charge in [-0.1, -0.05) is 12.8 Å². The van der Waals surface area contributed by atoms with Crippen LogP contribution in [0.25, 0.3) is 0 Å². The van der Waals surface area contributed by atoms with Gasteiger partial charge < -0.3 is 20.7 Å². The summed E-state index contributed by atoms with van der Waals surface area (Å²) in [5.74, 6) is 0.683. The van der Waals surface area contributed by atoms with E-state index in [4.69, 9.17) is 10.5 Å². The second-order valence-electron chi connectivity index (χ2n) is 5.67. The van der Waals surface area contributed by atoms with Crippen LogP contribution in [0.3, 0.4) is 0 Å². The first-order valence-electron chi connectivity index (χ1n) is 7.53. The number of hydrogen-bond acceptors (Lipinski definition) is 4. The minimum atomic E-state index is -0.00304. The molecule has 0 radical (unpaired) electrons. The van der Waals surface area contributed by atoms with Crippen LogP contribution in [0.15, 0.2) is 18.2 Å². The fourth-order valence-corrected chi connectivity index (χ4v) is 2.80. The van der Waals surface area contributed by atoms with Crippen LogP contribution in [-0.2, 0) is 4.79 Å². The molecule has 1 saturated carbocycles. The van der Waals surface area contributed by atoms with Crippen molar-refractivity contribution >= 4 is 17.3 Å². The molecular weight excluding hydrogens is 266 g/mol. The van der Waals surface area contributed by atoms with Gasteiger partial charge in [-0.05, 0) is 32.0 Å². The molecule has 0 heterocycles. The highest BCUT2D eigenvalue weighted by Gasteiger charge is 2.19. The third kappa shape index (κ3) is 4.36. The van der Waals surface area contributed by atoms with Crippen molar-refractivity contribution in [1.29, 1.82) is 0 Å². The van der Waals surface area contributed by atoms with Crippen molar-refractivity contribution in [3.63, 3.8) is 0 Å². The number of nitrogens with one attached hydrogen (secondary N) is 1. The molecule has 1 aromatic rings. The normalized spacial score (nSPS) is 15.4. The minimum Gasteiger partial charge on any atom is -0.497 e. The molecule has 0 unspecified atom stereocenters. The van der Waals surface area contributed by atoms with E-state index in [2.05, 4.69) is 17.3 Å². The van der Waals surface area contributed by atoms with E-state index in [9.17, 15) is 4.79 Å². The number of methoxy groups -OCH3 is 1. The van der Waals surface area contributed by atoms with E-state index in [1.165, 1.54) is 25.7 Å². The third-order valence-electron chi connectivity index (χ3n) is 4.17. The van der Waals surface area contributed by atoms with Gasteiger partial charge in [0.25, 0.3) is 0 Å². The number of amides is 1. The standard InChI is InChI=1S/C16H25N3O2/c1-19(12-5-3-4-6-12)10-9-16(20)18-15-8-7-13(21-2)11-14(15)17/h7-8,11-12H,3-6,9-10,17H2,1-2H3,(H,18,20). The zero-order valence-electron chi connectivity index (χ0n) is 12.9. The Morgan fingerprint density at radius 1 is 1.43 bits per heavy atom. The number of ether oxygens (including phenoxy) is 1. The molecule has 2 rings (SSSR count). The lowest BCUT2D eigenvalue weighted by Gasteiger charge is -2.23. The monoisotopic (exact) mass is 291 g/mol. The van der Waals surface area contributed by atoms with E-state index < -0.39 is 0 Å². The van der Waals surface area contributed by atoms with E-state index in [1.807, 2.05) is 0 Å². The van der Waals surface area contributed by atoms with Gasteiger partial charge in [0.15, 0.2) is 0 Å². The summed E-state index contributed by atoms with van der Waals surface area (Å²) in [5.41, 5.74) is 7.06. The number of nitrogens with zero attached hydrogens (tertiary/aromatic N) is 1. The summed E-state index contributed by atoms with van der Waals surface area (Å²) in [6.07, 6.45) is 5.61. The fraction of sp³-hybridized carbons (Fsp3) is 0.562. The maximum Gasteiger partial charge on any atom is 0.225 e. The third-order valence-corrected chi connectivity index (χ3v) is 4.17. The van der Waals surface area contributed by atoms with Crippen LogP contribution in [0.4, 0.5) is 11.4 Å². The molecule has 0 aliphatic heterocycles. The number of nitrogen functional groups attached to an aromatic ring is 1. The number of hydrogen-bond donors (Lipinski definition) is 2. The highest BCUT2D eigenvalue weighted by atomic mass is 16.5. The Kier molecular flexibility index (Phi) is 5.44. The predicted octanol–water partition coefficient (Wildman–Crippen LogP) is 2.48. The number of benzene rings is 1. The van der Waals surface area contributed by atoms with Crippen molar-refractivity contribution in [2.45, 2.75) is 38.1 Å². The maximum atomic E-state index is 12.0. The second-order valence-corrected chi connectivity index (χ2v) is 5.67. The molecule has 5 nitrogen and oxygen atoms in total. The SMILES string of the molecule is COc1ccc(NC(=O)CCN(C)C2CCCC2)c(N)c1. The first-order valence-corrected chi connectivity index (χ1v) is 7.53. The summed E-state index contributed by atoms with van der Waals surface area (Å²) in [5, 5.41) is 2.86. The molecule has 1 fully saturated rings.